The molecule has 0 saturated heterocycles. The summed E-state index contributed by atoms with van der Waals surface area (Å²) in [6, 6.07) is 16.0. The molecule has 1 amide bonds. The van der Waals surface area contributed by atoms with Gasteiger partial charge in [0.1, 0.15) is 29.0 Å². The fourth-order valence-corrected chi connectivity index (χ4v) is 2.39. The van der Waals surface area contributed by atoms with Crippen molar-refractivity contribution < 1.29 is 18.5 Å². The second-order valence-electron chi connectivity index (χ2n) is 5.64. The van der Waals surface area contributed by atoms with Crippen molar-refractivity contribution in [3.8, 4) is 17.4 Å². The van der Waals surface area contributed by atoms with E-state index in [1.807, 2.05) is 0 Å². The molecule has 0 spiro atoms. The molecule has 0 fully saturated rings. The van der Waals surface area contributed by atoms with E-state index in [1.165, 1.54) is 48.5 Å². The lowest BCUT2D eigenvalue weighted by Crippen LogP contribution is -2.13. The normalized spacial score (nSPS) is 10.9. The van der Waals surface area contributed by atoms with Crippen molar-refractivity contribution in [1.82, 2.24) is 0 Å². The Balaban J connectivity index is 1.79. The van der Waals surface area contributed by atoms with Crippen LogP contribution in [0.5, 0.6) is 0 Å². The third-order valence-corrected chi connectivity index (χ3v) is 3.72. The Hall–Kier alpha value is -4.25. The Labute approximate surface area is 158 Å². The van der Waals surface area contributed by atoms with E-state index >= 15 is 0 Å². The van der Waals surface area contributed by atoms with Crippen LogP contribution in [-0.2, 0) is 4.79 Å². The number of carbonyl (C=O) groups is 1. The SMILES string of the molecule is N#C/C(=C\c1ccc(-c2ccc([N+](=O)[O-])cc2)o1)C(=O)Nc1cccc(F)c1. The average molecular weight is 377 g/mol. The molecule has 3 rings (SSSR count). The number of nitrogens with one attached hydrogen (secondary N) is 1. The number of hydrogen-bond acceptors (Lipinski definition) is 5. The molecule has 0 radical (unpaired) electrons. The summed E-state index contributed by atoms with van der Waals surface area (Å²) in [7, 11) is 0. The maximum absolute atomic E-state index is 13.2. The molecule has 0 aliphatic carbocycles. The fraction of sp³-hybridized carbons (Fsp3) is 0. The van der Waals surface area contributed by atoms with Gasteiger partial charge in [0.25, 0.3) is 11.6 Å². The Kier molecular flexibility index (Phi) is 5.28. The number of hydrogen-bond donors (Lipinski definition) is 1. The van der Waals surface area contributed by atoms with Gasteiger partial charge in [-0.3, -0.25) is 14.9 Å². The molecule has 2 aromatic carbocycles. The van der Waals surface area contributed by atoms with Gasteiger partial charge in [-0.05, 0) is 42.5 Å². The quantitative estimate of drug-likeness (QED) is 0.304. The highest BCUT2D eigenvalue weighted by atomic mass is 19.1. The highest BCUT2D eigenvalue weighted by Gasteiger charge is 2.12. The molecule has 3 aromatic rings. The van der Waals surface area contributed by atoms with Crippen LogP contribution in [0.15, 0.2) is 70.7 Å². The van der Waals surface area contributed by atoms with Crippen molar-refractivity contribution in [3.05, 3.63) is 87.9 Å². The summed E-state index contributed by atoms with van der Waals surface area (Å²) in [5.74, 6) is -0.552. The minimum atomic E-state index is -0.707. The van der Waals surface area contributed by atoms with E-state index in [2.05, 4.69) is 5.32 Å². The third-order valence-electron chi connectivity index (χ3n) is 3.72. The van der Waals surface area contributed by atoms with Crippen LogP contribution in [-0.4, -0.2) is 10.8 Å². The first kappa shape index (κ1) is 18.5. The number of furan rings is 1. The lowest BCUT2D eigenvalue weighted by molar-refractivity contribution is -0.384. The van der Waals surface area contributed by atoms with Crippen molar-refractivity contribution in [3.63, 3.8) is 0 Å². The van der Waals surface area contributed by atoms with Gasteiger partial charge in [0.2, 0.25) is 0 Å². The molecule has 0 aliphatic heterocycles. The molecule has 7 nitrogen and oxygen atoms in total. The molecule has 28 heavy (non-hydrogen) atoms. The highest BCUT2D eigenvalue weighted by Crippen LogP contribution is 2.25. The second-order valence-corrected chi connectivity index (χ2v) is 5.64. The van der Waals surface area contributed by atoms with Crippen LogP contribution in [0.4, 0.5) is 15.8 Å². The van der Waals surface area contributed by atoms with E-state index in [-0.39, 0.29) is 22.7 Å². The molecule has 8 heteroatoms. The van der Waals surface area contributed by atoms with E-state index in [0.29, 0.717) is 11.3 Å². The van der Waals surface area contributed by atoms with E-state index in [0.717, 1.165) is 6.07 Å². The number of anilines is 1. The number of nitro benzene ring substituents is 1. The van der Waals surface area contributed by atoms with E-state index in [4.69, 9.17) is 4.42 Å². The highest BCUT2D eigenvalue weighted by molar-refractivity contribution is 6.09. The minimum absolute atomic E-state index is 0.0452. The van der Waals surface area contributed by atoms with Gasteiger partial charge in [-0.15, -0.1) is 0 Å². The molecule has 0 atom stereocenters. The predicted octanol–water partition coefficient (Wildman–Crippen LogP) is 4.54. The monoisotopic (exact) mass is 377 g/mol. The first-order chi connectivity index (χ1) is 13.5. The van der Waals surface area contributed by atoms with Gasteiger partial charge in [0.05, 0.1) is 4.92 Å². The first-order valence-electron chi connectivity index (χ1n) is 7.99. The summed E-state index contributed by atoms with van der Waals surface area (Å²) < 4.78 is 18.8. The number of halogens is 1. The number of carbonyl (C=O) groups excluding carboxylic acids is 1. The number of nitriles is 1. The fourth-order valence-electron chi connectivity index (χ4n) is 2.39. The molecule has 1 N–H and O–H groups in total. The van der Waals surface area contributed by atoms with Gasteiger partial charge in [0.15, 0.2) is 0 Å². The smallest absolute Gasteiger partial charge is 0.269 e. The standard InChI is InChI=1S/C20H12FN3O4/c21-15-2-1-3-16(11-15)23-20(25)14(12-22)10-18-8-9-19(28-18)13-4-6-17(7-5-13)24(26)27/h1-11H,(H,23,25)/b14-10+. The Bertz CT molecular complexity index is 1110. The zero-order chi connectivity index (χ0) is 20.1. The predicted molar refractivity (Wildman–Crippen MR) is 99.4 cm³/mol. The van der Waals surface area contributed by atoms with Crippen molar-refractivity contribution in [1.29, 1.82) is 5.26 Å². The minimum Gasteiger partial charge on any atom is -0.457 e. The maximum atomic E-state index is 13.2. The Morgan fingerprint density at radius 3 is 2.57 bits per heavy atom. The maximum Gasteiger partial charge on any atom is 0.269 e. The number of nitrogens with zero attached hydrogens (tertiary/aromatic N) is 2. The Morgan fingerprint density at radius 2 is 1.93 bits per heavy atom. The average Bonchev–Trinajstić information content (AvgIpc) is 3.14. The van der Waals surface area contributed by atoms with Crippen molar-refractivity contribution in [2.45, 2.75) is 0 Å². The topological polar surface area (TPSA) is 109 Å². The summed E-state index contributed by atoms with van der Waals surface area (Å²) in [4.78, 5) is 22.4. The first-order valence-corrected chi connectivity index (χ1v) is 7.99. The number of rotatable bonds is 5. The molecule has 0 saturated carbocycles. The van der Waals surface area contributed by atoms with Gasteiger partial charge in [-0.25, -0.2) is 4.39 Å². The molecule has 0 bridgehead atoms. The zero-order valence-electron chi connectivity index (χ0n) is 14.3. The van der Waals surface area contributed by atoms with Gasteiger partial charge in [-0.1, -0.05) is 6.07 Å². The molecule has 1 aromatic heterocycles. The van der Waals surface area contributed by atoms with Crippen molar-refractivity contribution >= 4 is 23.4 Å². The summed E-state index contributed by atoms with van der Waals surface area (Å²) in [5.41, 5.74) is 0.551. The summed E-state index contributed by atoms with van der Waals surface area (Å²) >= 11 is 0. The van der Waals surface area contributed by atoms with Crippen LogP contribution in [0.3, 0.4) is 0 Å². The molecular formula is C20H12FN3O4. The summed E-state index contributed by atoms with van der Waals surface area (Å²) in [6.07, 6.45) is 1.25. The van der Waals surface area contributed by atoms with Gasteiger partial charge in [-0.2, -0.15) is 5.26 Å². The molecule has 1 heterocycles. The number of non-ortho nitro benzene ring substituents is 1. The van der Waals surface area contributed by atoms with E-state index in [1.54, 1.807) is 18.2 Å². The van der Waals surface area contributed by atoms with Gasteiger partial charge >= 0.3 is 0 Å². The molecule has 138 valence electrons. The van der Waals surface area contributed by atoms with Crippen LogP contribution in [0.25, 0.3) is 17.4 Å². The lowest BCUT2D eigenvalue weighted by Gasteiger charge is -2.03. The summed E-state index contributed by atoms with van der Waals surface area (Å²) in [5, 5.41) is 22.4. The van der Waals surface area contributed by atoms with Crippen molar-refractivity contribution in [2.75, 3.05) is 5.32 Å². The number of benzene rings is 2. The van der Waals surface area contributed by atoms with E-state index in [9.17, 15) is 24.6 Å². The second kappa shape index (κ2) is 7.97. The van der Waals surface area contributed by atoms with Crippen LogP contribution < -0.4 is 5.32 Å². The van der Waals surface area contributed by atoms with Gasteiger partial charge < -0.3 is 9.73 Å². The van der Waals surface area contributed by atoms with Crippen LogP contribution >= 0.6 is 0 Å². The lowest BCUT2D eigenvalue weighted by atomic mass is 10.1. The van der Waals surface area contributed by atoms with Crippen LogP contribution in [0.2, 0.25) is 0 Å². The largest absolute Gasteiger partial charge is 0.457 e. The van der Waals surface area contributed by atoms with Gasteiger partial charge in [0, 0.05) is 29.5 Å². The Morgan fingerprint density at radius 1 is 1.18 bits per heavy atom. The van der Waals surface area contributed by atoms with Crippen molar-refractivity contribution in [2.24, 2.45) is 0 Å². The molecule has 0 unspecified atom stereocenters. The van der Waals surface area contributed by atoms with Crippen LogP contribution in [0, 0.1) is 27.3 Å². The molecule has 0 aliphatic rings. The third kappa shape index (κ3) is 4.28. The number of nitro groups is 1. The number of amides is 1. The van der Waals surface area contributed by atoms with E-state index < -0.39 is 16.6 Å². The summed E-state index contributed by atoms with van der Waals surface area (Å²) in [6.45, 7) is 0. The van der Waals surface area contributed by atoms with Crippen LogP contribution in [0.1, 0.15) is 5.76 Å². The zero-order valence-corrected chi connectivity index (χ0v) is 14.3. The molecular weight excluding hydrogens is 365 g/mol.